The Morgan fingerprint density at radius 1 is 0.939 bits per heavy atom. The van der Waals surface area contributed by atoms with Crippen molar-refractivity contribution in [2.24, 2.45) is 0 Å². The Hall–Kier alpha value is -4.33. The van der Waals surface area contributed by atoms with E-state index < -0.39 is 0 Å². The topological polar surface area (TPSA) is 96.6 Å². The quantitative estimate of drug-likeness (QED) is 0.461. The minimum Gasteiger partial charge on any atom is -0.504 e. The summed E-state index contributed by atoms with van der Waals surface area (Å²) in [5.41, 5.74) is 1.49. The standard InChI is InChI=1S/C25H20O8/c1-28-21-9-15(23(29-2)25-24(21)32-13-33-25)17-12-31-19-10-20(18(26)8-16(19)22(17)27)30-11-14-6-4-3-5-7-14/h3-10,12,26H,11,13H2,1-2H3. The third-order valence-electron chi connectivity index (χ3n) is 5.37. The molecule has 1 aliphatic heterocycles. The van der Waals surface area contributed by atoms with Crippen molar-refractivity contribution in [2.45, 2.75) is 6.61 Å². The van der Waals surface area contributed by atoms with Crippen molar-refractivity contribution in [1.29, 1.82) is 0 Å². The van der Waals surface area contributed by atoms with E-state index >= 15 is 0 Å². The first kappa shape index (κ1) is 20.6. The molecule has 33 heavy (non-hydrogen) atoms. The van der Waals surface area contributed by atoms with Crippen molar-refractivity contribution in [3.63, 3.8) is 0 Å². The predicted octanol–water partition coefficient (Wildman–Crippen LogP) is 4.49. The Kier molecular flexibility index (Phi) is 5.18. The second-order valence-corrected chi connectivity index (χ2v) is 7.29. The molecule has 0 unspecified atom stereocenters. The van der Waals surface area contributed by atoms with Gasteiger partial charge in [-0.1, -0.05) is 30.3 Å². The average Bonchev–Trinajstić information content (AvgIpc) is 3.33. The van der Waals surface area contributed by atoms with Gasteiger partial charge in [-0.2, -0.15) is 0 Å². The van der Waals surface area contributed by atoms with E-state index in [1.165, 1.54) is 32.6 Å². The molecule has 0 fully saturated rings. The number of hydrogen-bond acceptors (Lipinski definition) is 8. The number of rotatable bonds is 6. The average molecular weight is 448 g/mol. The van der Waals surface area contributed by atoms with Gasteiger partial charge in [0.25, 0.3) is 0 Å². The van der Waals surface area contributed by atoms with E-state index in [1.54, 1.807) is 6.07 Å². The molecular formula is C25H20O8. The summed E-state index contributed by atoms with van der Waals surface area (Å²) < 4.78 is 33.4. The molecule has 0 atom stereocenters. The predicted molar refractivity (Wildman–Crippen MR) is 120 cm³/mol. The van der Waals surface area contributed by atoms with Gasteiger partial charge in [0, 0.05) is 11.6 Å². The maximum atomic E-state index is 13.4. The van der Waals surface area contributed by atoms with Crippen LogP contribution in [-0.2, 0) is 6.61 Å². The highest BCUT2D eigenvalue weighted by atomic mass is 16.7. The maximum absolute atomic E-state index is 13.4. The molecule has 3 aromatic carbocycles. The second kappa shape index (κ2) is 8.31. The molecule has 0 aliphatic carbocycles. The van der Waals surface area contributed by atoms with E-state index in [0.717, 1.165) is 5.56 Å². The summed E-state index contributed by atoms with van der Waals surface area (Å²) in [5, 5.41) is 10.7. The number of ether oxygens (including phenoxy) is 5. The fourth-order valence-corrected chi connectivity index (χ4v) is 3.75. The van der Waals surface area contributed by atoms with Crippen LogP contribution >= 0.6 is 0 Å². The van der Waals surface area contributed by atoms with Gasteiger partial charge in [-0.3, -0.25) is 4.79 Å². The number of phenolic OH excluding ortho intramolecular Hbond substituents is 1. The maximum Gasteiger partial charge on any atom is 0.231 e. The van der Waals surface area contributed by atoms with E-state index in [-0.39, 0.29) is 46.9 Å². The van der Waals surface area contributed by atoms with E-state index in [9.17, 15) is 9.90 Å². The van der Waals surface area contributed by atoms with Crippen LogP contribution in [-0.4, -0.2) is 26.1 Å². The molecule has 0 saturated carbocycles. The molecule has 0 bridgehead atoms. The fraction of sp³-hybridized carbons (Fsp3) is 0.160. The number of methoxy groups -OCH3 is 2. The molecular weight excluding hydrogens is 428 g/mol. The number of fused-ring (bicyclic) bond motifs is 2. The lowest BCUT2D eigenvalue weighted by Gasteiger charge is -2.14. The summed E-state index contributed by atoms with van der Waals surface area (Å²) in [6.45, 7) is 0.272. The van der Waals surface area contributed by atoms with E-state index in [1.807, 2.05) is 30.3 Å². The van der Waals surface area contributed by atoms with Gasteiger partial charge in [0.1, 0.15) is 18.5 Å². The van der Waals surface area contributed by atoms with Gasteiger partial charge >= 0.3 is 0 Å². The zero-order valence-corrected chi connectivity index (χ0v) is 17.9. The van der Waals surface area contributed by atoms with Gasteiger partial charge in [-0.15, -0.1) is 0 Å². The molecule has 2 heterocycles. The Labute approximate surface area is 188 Å². The van der Waals surface area contributed by atoms with Crippen molar-refractivity contribution < 1.29 is 33.2 Å². The zero-order valence-electron chi connectivity index (χ0n) is 17.9. The van der Waals surface area contributed by atoms with E-state index in [0.29, 0.717) is 28.6 Å². The number of benzene rings is 3. The van der Waals surface area contributed by atoms with Gasteiger partial charge in [0.15, 0.2) is 23.0 Å². The van der Waals surface area contributed by atoms with Crippen molar-refractivity contribution >= 4 is 11.0 Å². The first-order valence-corrected chi connectivity index (χ1v) is 10.1. The molecule has 1 N–H and O–H groups in total. The SMILES string of the molecule is COc1cc(-c2coc3cc(OCc4ccccc4)c(O)cc3c2=O)c(OC)c2c1OCO2. The van der Waals surface area contributed by atoms with Crippen LogP contribution in [0.15, 0.2) is 64.0 Å². The lowest BCUT2D eigenvalue weighted by atomic mass is 10.0. The first-order chi connectivity index (χ1) is 16.1. The molecule has 4 aromatic rings. The summed E-state index contributed by atoms with van der Waals surface area (Å²) in [4.78, 5) is 13.4. The molecule has 8 heteroatoms. The molecule has 5 rings (SSSR count). The van der Waals surface area contributed by atoms with Crippen LogP contribution in [0.3, 0.4) is 0 Å². The highest BCUT2D eigenvalue weighted by Crippen LogP contribution is 2.52. The van der Waals surface area contributed by atoms with Crippen LogP contribution in [0.4, 0.5) is 0 Å². The molecule has 8 nitrogen and oxygen atoms in total. The molecule has 0 spiro atoms. The summed E-state index contributed by atoms with van der Waals surface area (Å²) in [6.07, 6.45) is 1.34. The summed E-state index contributed by atoms with van der Waals surface area (Å²) >= 11 is 0. The smallest absolute Gasteiger partial charge is 0.231 e. The molecule has 1 aromatic heterocycles. The van der Waals surface area contributed by atoms with Crippen LogP contribution in [0, 0.1) is 0 Å². The monoisotopic (exact) mass is 448 g/mol. The first-order valence-electron chi connectivity index (χ1n) is 10.1. The summed E-state index contributed by atoms with van der Waals surface area (Å²) in [7, 11) is 2.96. The molecule has 0 radical (unpaired) electrons. The fourth-order valence-electron chi connectivity index (χ4n) is 3.75. The third-order valence-corrected chi connectivity index (χ3v) is 5.37. The third kappa shape index (κ3) is 3.55. The van der Waals surface area contributed by atoms with E-state index in [4.69, 9.17) is 28.1 Å². The van der Waals surface area contributed by atoms with Crippen molar-refractivity contribution in [3.8, 4) is 45.6 Å². The Balaban J connectivity index is 1.58. The summed E-state index contributed by atoms with van der Waals surface area (Å²) in [5.74, 6) is 1.51. The number of aromatic hydroxyl groups is 1. The van der Waals surface area contributed by atoms with Crippen molar-refractivity contribution in [2.75, 3.05) is 21.0 Å². The highest BCUT2D eigenvalue weighted by Gasteiger charge is 2.29. The summed E-state index contributed by atoms with van der Waals surface area (Å²) in [6, 6.07) is 14.0. The molecule has 0 saturated heterocycles. The van der Waals surface area contributed by atoms with Crippen molar-refractivity contribution in [3.05, 3.63) is 70.6 Å². The molecule has 0 amide bonds. The van der Waals surface area contributed by atoms with Gasteiger partial charge in [-0.25, -0.2) is 0 Å². The Morgan fingerprint density at radius 2 is 1.73 bits per heavy atom. The normalized spacial score (nSPS) is 12.1. The van der Waals surface area contributed by atoms with Gasteiger partial charge in [0.2, 0.25) is 23.7 Å². The van der Waals surface area contributed by atoms with Crippen LogP contribution in [0.2, 0.25) is 0 Å². The second-order valence-electron chi connectivity index (χ2n) is 7.29. The van der Waals surface area contributed by atoms with Crippen molar-refractivity contribution in [1.82, 2.24) is 0 Å². The number of phenols is 1. The minimum atomic E-state index is -0.361. The number of hydrogen-bond donors (Lipinski definition) is 1. The largest absolute Gasteiger partial charge is 0.504 e. The molecule has 1 aliphatic rings. The lowest BCUT2D eigenvalue weighted by molar-refractivity contribution is 0.168. The Bertz CT molecular complexity index is 1390. The van der Waals surface area contributed by atoms with E-state index in [2.05, 4.69) is 0 Å². The minimum absolute atomic E-state index is 0.0114. The molecule has 168 valence electrons. The lowest BCUT2D eigenvalue weighted by Crippen LogP contribution is -2.07. The van der Waals surface area contributed by atoms with Crippen LogP contribution in [0.1, 0.15) is 5.56 Å². The highest BCUT2D eigenvalue weighted by molar-refractivity contribution is 5.87. The Morgan fingerprint density at radius 3 is 2.48 bits per heavy atom. The van der Waals surface area contributed by atoms with Gasteiger partial charge < -0.3 is 33.2 Å². The zero-order chi connectivity index (χ0) is 22.9. The van der Waals surface area contributed by atoms with Crippen LogP contribution in [0.5, 0.6) is 34.5 Å². The van der Waals surface area contributed by atoms with Gasteiger partial charge in [-0.05, 0) is 17.7 Å². The van der Waals surface area contributed by atoms with Crippen LogP contribution < -0.4 is 29.1 Å². The van der Waals surface area contributed by atoms with Crippen LogP contribution in [0.25, 0.3) is 22.1 Å². The van der Waals surface area contributed by atoms with Gasteiger partial charge in [0.05, 0.1) is 25.2 Å².